The molecule has 0 atom stereocenters. The predicted molar refractivity (Wildman–Crippen MR) is 131 cm³/mol. The molecular weight excluding hydrogens is 663 g/mol. The molecule has 4 N–H and O–H groups in total. The van der Waals surface area contributed by atoms with Crippen LogP contribution in [0.4, 0.5) is 0 Å². The molecule has 0 amide bonds. The average Bonchev–Trinajstić information content (AvgIpc) is 3.52. The molecule has 0 unspecified atom stereocenters. The van der Waals surface area contributed by atoms with Crippen LogP contribution in [-0.2, 0) is 17.1 Å². The summed E-state index contributed by atoms with van der Waals surface area (Å²) in [7, 11) is -9.89. The fourth-order valence-electron chi connectivity index (χ4n) is 2.43. The number of aromatic nitrogens is 8. The van der Waals surface area contributed by atoms with Crippen molar-refractivity contribution in [3.05, 3.63) is 67.8 Å². The van der Waals surface area contributed by atoms with Gasteiger partial charge in [-0.2, -0.15) is 20.4 Å². The molecule has 0 fully saturated rings. The molecule has 0 aliphatic carbocycles. The summed E-state index contributed by atoms with van der Waals surface area (Å²) in [6.07, 6.45) is 0. The van der Waals surface area contributed by atoms with Crippen molar-refractivity contribution in [2.75, 3.05) is 0 Å². The molecule has 19 heteroatoms. The van der Waals surface area contributed by atoms with Gasteiger partial charge in [0.05, 0.1) is 22.8 Å². The zero-order chi connectivity index (χ0) is 33.6. The van der Waals surface area contributed by atoms with Crippen molar-refractivity contribution >= 4 is 0 Å². The normalized spacial score (nSPS) is 10.1. The van der Waals surface area contributed by atoms with E-state index in [1.54, 1.807) is 0 Å². The zero-order valence-electron chi connectivity index (χ0n) is 26.1. The van der Waals surface area contributed by atoms with E-state index in [2.05, 4.69) is 68.5 Å². The van der Waals surface area contributed by atoms with Crippen molar-refractivity contribution in [3.63, 3.8) is 0 Å². The van der Waals surface area contributed by atoms with Gasteiger partial charge in [0.15, 0.2) is 0 Å². The van der Waals surface area contributed by atoms with Crippen LogP contribution in [0, 0.1) is 104 Å². The molecule has 0 aliphatic heterocycles. The third-order valence-corrected chi connectivity index (χ3v) is 5.99. The molecule has 4 heterocycles. The second-order valence-corrected chi connectivity index (χ2v) is 10.5. The van der Waals surface area contributed by atoms with Gasteiger partial charge in [0.2, 0.25) is 0 Å². The van der Waals surface area contributed by atoms with E-state index in [1.165, 1.54) is 45.0 Å². The number of hydrogen-bond donors (Lipinski definition) is 4. The number of hydrogen-bond acceptors (Lipinski definition) is 12. The Morgan fingerprint density at radius 2 is 0.465 bits per heavy atom. The van der Waals surface area contributed by atoms with Crippen molar-refractivity contribution in [1.82, 2.24) is 40.8 Å². The van der Waals surface area contributed by atoms with Crippen LogP contribution in [0.15, 0.2) is 0 Å². The molecule has 16 nitrogen and oxygen atoms in total. The van der Waals surface area contributed by atoms with Gasteiger partial charge in [-0.1, -0.05) is 0 Å². The Labute approximate surface area is 265 Å². The summed E-state index contributed by atoms with van der Waals surface area (Å²) in [5, 5.41) is 27.5. The van der Waals surface area contributed by atoms with E-state index < -0.39 is 20.5 Å². The van der Waals surface area contributed by atoms with Crippen LogP contribution >= 0.6 is 0 Å². The van der Waals surface area contributed by atoms with E-state index in [-0.39, 0.29) is 17.1 Å². The van der Waals surface area contributed by atoms with E-state index in [0.29, 0.717) is 0 Å². The first kappa shape index (κ1) is 45.1. The summed E-state index contributed by atoms with van der Waals surface area (Å²) in [6, 6.07) is 0. The Bertz CT molecular complexity index is 1050. The van der Waals surface area contributed by atoms with Crippen molar-refractivity contribution in [2.24, 2.45) is 0 Å². The molecule has 0 saturated carbocycles. The Morgan fingerprint density at radius 3 is 0.488 bits per heavy atom. The van der Waals surface area contributed by atoms with E-state index in [9.17, 15) is 0 Å². The van der Waals surface area contributed by atoms with Gasteiger partial charge < -0.3 is 0 Å². The first-order valence-electron chi connectivity index (χ1n) is 12.0. The smallest absolute Gasteiger partial charge is 0.282 e. The standard InChI is InChI=1S/4C6H10N2.2ClHO4.Cu/c4*1-4-5(2)7-8-6(4)3;2*2-1(3,4)5;/h4*1-3H3,(H,7,8);2*(H,2,3,4,5);/q;;;;;;+2/p-2. The molecule has 4 aromatic rings. The first-order valence-corrected chi connectivity index (χ1v) is 14.5. The number of H-pyrrole nitrogens is 4. The van der Waals surface area contributed by atoms with Crippen LogP contribution in [0.2, 0.25) is 0 Å². The van der Waals surface area contributed by atoms with Crippen LogP contribution < -0.4 is 37.3 Å². The van der Waals surface area contributed by atoms with E-state index in [1.807, 2.05) is 55.4 Å². The van der Waals surface area contributed by atoms with Gasteiger partial charge in [-0.05, 0) is 105 Å². The summed E-state index contributed by atoms with van der Waals surface area (Å²) < 4.78 is 67.9. The number of nitrogens with zero attached hydrogens (tertiary/aromatic N) is 4. The predicted octanol–water partition coefficient (Wildman–Crippen LogP) is -4.17. The molecule has 1 radical (unpaired) electrons. The number of halogens is 2. The number of aromatic amines is 4. The van der Waals surface area contributed by atoms with Crippen molar-refractivity contribution < 1.29 is 74.8 Å². The van der Waals surface area contributed by atoms with Crippen LogP contribution in [0.5, 0.6) is 0 Å². The minimum Gasteiger partial charge on any atom is -0.282 e. The minimum absolute atomic E-state index is 0. The molecule has 4 aromatic heterocycles. The molecule has 0 aromatic carbocycles. The number of aryl methyl sites for hydroxylation is 8. The number of nitrogens with one attached hydrogen (secondary N) is 4. The molecule has 0 aliphatic rings. The van der Waals surface area contributed by atoms with E-state index in [4.69, 9.17) is 37.3 Å². The van der Waals surface area contributed by atoms with Gasteiger partial charge in [0, 0.05) is 22.8 Å². The summed E-state index contributed by atoms with van der Waals surface area (Å²) >= 11 is 0. The molecular formula is C24H40Cl2CuN8O8. The minimum atomic E-state index is -4.94. The average molecular weight is 703 g/mol. The first-order chi connectivity index (χ1) is 18.9. The van der Waals surface area contributed by atoms with Gasteiger partial charge in [0.1, 0.15) is 0 Å². The topological polar surface area (TPSA) is 299 Å². The monoisotopic (exact) mass is 701 g/mol. The molecule has 0 spiro atoms. The molecule has 249 valence electrons. The maximum Gasteiger partial charge on any atom is 2.00 e. The third kappa shape index (κ3) is 22.8. The fraction of sp³-hybridized carbons (Fsp3) is 0.500. The Balaban J connectivity index is -0.000000450. The van der Waals surface area contributed by atoms with Gasteiger partial charge in [0.25, 0.3) is 0 Å². The molecule has 4 rings (SSSR count). The summed E-state index contributed by atoms with van der Waals surface area (Å²) in [4.78, 5) is 0. The number of rotatable bonds is 0. The van der Waals surface area contributed by atoms with E-state index >= 15 is 0 Å². The Morgan fingerprint density at radius 1 is 0.349 bits per heavy atom. The van der Waals surface area contributed by atoms with E-state index in [0.717, 1.165) is 22.8 Å². The van der Waals surface area contributed by atoms with Crippen LogP contribution in [-0.4, -0.2) is 40.8 Å². The van der Waals surface area contributed by atoms with Crippen LogP contribution in [0.1, 0.15) is 67.8 Å². The molecule has 43 heavy (non-hydrogen) atoms. The molecule has 0 saturated heterocycles. The summed E-state index contributed by atoms with van der Waals surface area (Å²) in [5.41, 5.74) is 14.1. The van der Waals surface area contributed by atoms with Gasteiger partial charge in [-0.25, -0.2) is 37.3 Å². The summed E-state index contributed by atoms with van der Waals surface area (Å²) in [5.74, 6) is 0. The van der Waals surface area contributed by atoms with Gasteiger partial charge in [-0.3, -0.25) is 20.4 Å². The summed E-state index contributed by atoms with van der Waals surface area (Å²) in [6.45, 7) is 24.3. The van der Waals surface area contributed by atoms with Crippen LogP contribution in [0.25, 0.3) is 0 Å². The SMILES string of the molecule is Cc1n[nH]c(C)c1C.Cc1n[nH]c(C)c1C.Cc1n[nH]c(C)c1C.Cc1n[nH]c(C)c1C.[Cu+2].[O-][Cl+3]([O-])([O-])[O-].[O-][Cl+3]([O-])([O-])[O-]. The van der Waals surface area contributed by atoms with Crippen molar-refractivity contribution in [2.45, 2.75) is 83.1 Å². The quantitative estimate of drug-likeness (QED) is 0.127. The fourth-order valence-corrected chi connectivity index (χ4v) is 2.43. The second-order valence-electron chi connectivity index (χ2n) is 8.99. The Kier molecular flexibility index (Phi) is 21.5. The largest absolute Gasteiger partial charge is 2.00 e. The zero-order valence-corrected chi connectivity index (χ0v) is 28.6. The maximum absolute atomic E-state index is 8.49. The van der Waals surface area contributed by atoms with Gasteiger partial charge >= 0.3 is 17.1 Å². The second kappa shape index (κ2) is 20.6. The van der Waals surface area contributed by atoms with Crippen molar-refractivity contribution in [1.29, 1.82) is 0 Å². The maximum atomic E-state index is 8.49. The van der Waals surface area contributed by atoms with Gasteiger partial charge in [-0.15, -0.1) is 20.5 Å². The molecule has 0 bridgehead atoms. The van der Waals surface area contributed by atoms with Crippen molar-refractivity contribution in [3.8, 4) is 0 Å². The Hall–Kier alpha value is -2.38. The third-order valence-electron chi connectivity index (χ3n) is 5.99. The van der Waals surface area contributed by atoms with Crippen LogP contribution in [0.3, 0.4) is 0 Å².